The molecular formula is C17H11ClF2N2OS. The molecule has 1 N–H and O–H groups in total. The molecule has 1 amide bonds. The Morgan fingerprint density at radius 2 is 1.92 bits per heavy atom. The fourth-order valence-corrected chi connectivity index (χ4v) is 2.73. The molecule has 0 spiro atoms. The number of hydrogen-bond donors (Lipinski definition) is 1. The highest BCUT2D eigenvalue weighted by Gasteiger charge is 2.31. The number of carbonyl (C=O) groups excluding carboxylic acids is 1. The van der Waals surface area contributed by atoms with Crippen molar-refractivity contribution in [2.75, 3.05) is 0 Å². The standard InChI is InChI=1S/C17H11ClF2N2OS/c18-12-4-2-1-3-11(12)9-22-16(23)15(21-17(22)24)8-10-5-6-13(19)14(20)7-10/h1-8H,9H2,(H,21,24)/b15-8-. The van der Waals surface area contributed by atoms with Gasteiger partial charge >= 0.3 is 0 Å². The Morgan fingerprint density at radius 1 is 1.17 bits per heavy atom. The smallest absolute Gasteiger partial charge is 0.276 e. The topological polar surface area (TPSA) is 32.3 Å². The Bertz CT molecular complexity index is 869. The van der Waals surface area contributed by atoms with Gasteiger partial charge in [-0.15, -0.1) is 0 Å². The molecule has 24 heavy (non-hydrogen) atoms. The lowest BCUT2D eigenvalue weighted by Gasteiger charge is -2.14. The van der Waals surface area contributed by atoms with Crippen LogP contribution in [0.15, 0.2) is 48.2 Å². The third-order valence-corrected chi connectivity index (χ3v) is 4.19. The van der Waals surface area contributed by atoms with Crippen LogP contribution in [-0.2, 0) is 11.3 Å². The third kappa shape index (κ3) is 3.29. The summed E-state index contributed by atoms with van der Waals surface area (Å²) in [6, 6.07) is 10.5. The summed E-state index contributed by atoms with van der Waals surface area (Å²) in [6.07, 6.45) is 1.42. The molecule has 0 saturated carbocycles. The first-order valence-corrected chi connectivity index (χ1v) is 7.77. The molecule has 1 heterocycles. The second-order valence-electron chi connectivity index (χ2n) is 5.14. The number of rotatable bonds is 3. The highest BCUT2D eigenvalue weighted by atomic mass is 35.5. The van der Waals surface area contributed by atoms with Gasteiger partial charge in [0.2, 0.25) is 0 Å². The summed E-state index contributed by atoms with van der Waals surface area (Å²) in [5, 5.41) is 3.55. The zero-order chi connectivity index (χ0) is 17.3. The average molecular weight is 365 g/mol. The maximum absolute atomic E-state index is 13.3. The monoisotopic (exact) mass is 364 g/mol. The van der Waals surface area contributed by atoms with Crippen molar-refractivity contribution in [3.8, 4) is 0 Å². The zero-order valence-corrected chi connectivity index (χ0v) is 13.8. The molecule has 1 aliphatic rings. The second-order valence-corrected chi connectivity index (χ2v) is 5.94. The Balaban J connectivity index is 1.84. The number of halogens is 3. The molecule has 3 nitrogen and oxygen atoms in total. The highest BCUT2D eigenvalue weighted by Crippen LogP contribution is 2.21. The summed E-state index contributed by atoms with van der Waals surface area (Å²) in [4.78, 5) is 13.8. The van der Waals surface area contributed by atoms with E-state index in [-0.39, 0.29) is 23.3 Å². The number of thiocarbonyl (C=S) groups is 1. The first kappa shape index (κ1) is 16.5. The van der Waals surface area contributed by atoms with Crippen LogP contribution in [0.25, 0.3) is 6.08 Å². The molecule has 0 atom stereocenters. The van der Waals surface area contributed by atoms with Crippen molar-refractivity contribution in [1.82, 2.24) is 10.2 Å². The van der Waals surface area contributed by atoms with E-state index in [1.54, 1.807) is 18.2 Å². The normalized spacial score (nSPS) is 16.0. The molecule has 1 aliphatic heterocycles. The molecule has 0 radical (unpaired) electrons. The van der Waals surface area contributed by atoms with Gasteiger partial charge in [-0.2, -0.15) is 0 Å². The summed E-state index contributed by atoms with van der Waals surface area (Å²) in [5.41, 5.74) is 1.30. The number of amides is 1. The van der Waals surface area contributed by atoms with Gasteiger partial charge in [0.1, 0.15) is 5.70 Å². The largest absolute Gasteiger partial charge is 0.328 e. The predicted octanol–water partition coefficient (Wildman–Crippen LogP) is 3.88. The number of carbonyl (C=O) groups is 1. The van der Waals surface area contributed by atoms with Crippen LogP contribution >= 0.6 is 23.8 Å². The van der Waals surface area contributed by atoms with Crippen molar-refractivity contribution in [3.63, 3.8) is 0 Å². The number of hydrogen-bond acceptors (Lipinski definition) is 2. The fourth-order valence-electron chi connectivity index (χ4n) is 2.28. The minimum atomic E-state index is -0.981. The lowest BCUT2D eigenvalue weighted by Crippen LogP contribution is -2.30. The van der Waals surface area contributed by atoms with Crippen molar-refractivity contribution in [1.29, 1.82) is 0 Å². The van der Waals surface area contributed by atoms with Crippen molar-refractivity contribution in [2.24, 2.45) is 0 Å². The fraction of sp³-hybridized carbons (Fsp3) is 0.0588. The van der Waals surface area contributed by atoms with E-state index < -0.39 is 11.6 Å². The molecule has 2 aromatic carbocycles. The summed E-state index contributed by atoms with van der Waals surface area (Å²) >= 11 is 11.3. The van der Waals surface area contributed by atoms with Crippen LogP contribution in [0.2, 0.25) is 5.02 Å². The Hall–Kier alpha value is -2.31. The SMILES string of the molecule is O=C1/C(=C/c2ccc(F)c(F)c2)NC(=S)N1Cc1ccccc1Cl. The van der Waals surface area contributed by atoms with Gasteiger partial charge in [-0.05, 0) is 47.6 Å². The minimum Gasteiger partial charge on any atom is -0.328 e. The molecule has 1 fully saturated rings. The van der Waals surface area contributed by atoms with Gasteiger partial charge in [0.25, 0.3) is 5.91 Å². The maximum atomic E-state index is 13.3. The van der Waals surface area contributed by atoms with Gasteiger partial charge in [0.15, 0.2) is 16.7 Å². The summed E-state index contributed by atoms with van der Waals surface area (Å²) in [6.45, 7) is 0.222. The maximum Gasteiger partial charge on any atom is 0.276 e. The van der Waals surface area contributed by atoms with Gasteiger partial charge < -0.3 is 5.32 Å². The number of nitrogens with one attached hydrogen (secondary N) is 1. The quantitative estimate of drug-likeness (QED) is 0.662. The Morgan fingerprint density at radius 3 is 2.62 bits per heavy atom. The molecule has 1 saturated heterocycles. The number of nitrogens with zero attached hydrogens (tertiary/aromatic N) is 1. The first-order valence-electron chi connectivity index (χ1n) is 6.98. The second kappa shape index (κ2) is 6.67. The van der Waals surface area contributed by atoms with Gasteiger partial charge in [-0.25, -0.2) is 8.78 Å². The molecule has 2 aromatic rings. The Labute approximate surface area is 147 Å². The first-order chi connectivity index (χ1) is 11.5. The predicted molar refractivity (Wildman–Crippen MR) is 92.1 cm³/mol. The van der Waals surface area contributed by atoms with Crippen molar-refractivity contribution < 1.29 is 13.6 Å². The summed E-state index contributed by atoms with van der Waals surface area (Å²) < 4.78 is 26.2. The molecule has 122 valence electrons. The van der Waals surface area contributed by atoms with Crippen molar-refractivity contribution >= 4 is 40.9 Å². The molecule has 0 bridgehead atoms. The molecule has 0 aliphatic carbocycles. The molecule has 0 aromatic heterocycles. The average Bonchev–Trinajstić information content (AvgIpc) is 2.80. The number of benzene rings is 2. The van der Waals surface area contributed by atoms with Gasteiger partial charge in [-0.3, -0.25) is 9.69 Å². The van der Waals surface area contributed by atoms with Crippen molar-refractivity contribution in [2.45, 2.75) is 6.54 Å². The van der Waals surface area contributed by atoms with Gasteiger partial charge in [0, 0.05) is 5.02 Å². The van der Waals surface area contributed by atoms with E-state index in [2.05, 4.69) is 5.32 Å². The van der Waals surface area contributed by atoms with E-state index >= 15 is 0 Å². The summed E-state index contributed by atoms with van der Waals surface area (Å²) in [7, 11) is 0. The van der Waals surface area contributed by atoms with Crippen LogP contribution in [0.5, 0.6) is 0 Å². The van der Waals surface area contributed by atoms with Gasteiger partial charge in [-0.1, -0.05) is 35.9 Å². The van der Waals surface area contributed by atoms with Crippen LogP contribution in [-0.4, -0.2) is 15.9 Å². The van der Waals surface area contributed by atoms with Gasteiger partial charge in [0.05, 0.1) is 6.54 Å². The lowest BCUT2D eigenvalue weighted by atomic mass is 10.1. The van der Waals surface area contributed by atoms with Crippen LogP contribution < -0.4 is 5.32 Å². The van der Waals surface area contributed by atoms with Crippen LogP contribution in [0, 0.1) is 11.6 Å². The van der Waals surface area contributed by atoms with E-state index in [4.69, 9.17) is 23.8 Å². The minimum absolute atomic E-state index is 0.193. The Kier molecular flexibility index (Phi) is 4.59. The third-order valence-electron chi connectivity index (χ3n) is 3.50. The summed E-state index contributed by atoms with van der Waals surface area (Å²) in [5.74, 6) is -2.28. The van der Waals surface area contributed by atoms with Crippen molar-refractivity contribution in [3.05, 3.63) is 75.9 Å². The molecule has 0 unspecified atom stereocenters. The van der Waals surface area contributed by atoms with E-state index in [0.717, 1.165) is 17.7 Å². The highest BCUT2D eigenvalue weighted by molar-refractivity contribution is 7.80. The molecule has 7 heteroatoms. The zero-order valence-electron chi connectivity index (χ0n) is 12.2. The lowest BCUT2D eigenvalue weighted by molar-refractivity contribution is -0.122. The van der Waals surface area contributed by atoms with E-state index in [9.17, 15) is 13.6 Å². The van der Waals surface area contributed by atoms with Crippen LogP contribution in [0.4, 0.5) is 8.78 Å². The van der Waals surface area contributed by atoms with E-state index in [1.165, 1.54) is 17.0 Å². The van der Waals surface area contributed by atoms with E-state index in [0.29, 0.717) is 10.6 Å². The molecular weight excluding hydrogens is 354 g/mol. The van der Waals surface area contributed by atoms with E-state index in [1.807, 2.05) is 6.07 Å². The molecule has 3 rings (SSSR count). The van der Waals surface area contributed by atoms with Crippen LogP contribution in [0.3, 0.4) is 0 Å². The van der Waals surface area contributed by atoms with Crippen LogP contribution in [0.1, 0.15) is 11.1 Å².